The zero-order chi connectivity index (χ0) is 18.5. The molecule has 4 atom stereocenters. The largest absolute Gasteiger partial charge is 0.390 e. The van der Waals surface area contributed by atoms with Gasteiger partial charge >= 0.3 is 0 Å². The maximum Gasteiger partial charge on any atom is 0.146 e. The second-order valence-corrected chi connectivity index (χ2v) is 8.06. The molecule has 0 spiro atoms. The number of nitrogens with two attached hydrogens (primary N) is 2. The van der Waals surface area contributed by atoms with Crippen molar-refractivity contribution in [2.45, 2.75) is 70.3 Å². The second-order valence-electron chi connectivity index (χ2n) is 8.06. The quantitative estimate of drug-likeness (QED) is 0.540. The molecule has 136 valence electrons. The number of aldehydes is 1. The Morgan fingerprint density at radius 2 is 1.75 bits per heavy atom. The molecule has 0 aliphatic rings. The fourth-order valence-electron chi connectivity index (χ4n) is 2.95. The van der Waals surface area contributed by atoms with Gasteiger partial charge in [-0.25, -0.2) is 0 Å². The van der Waals surface area contributed by atoms with E-state index in [9.17, 15) is 9.90 Å². The molecule has 0 saturated carbocycles. The summed E-state index contributed by atoms with van der Waals surface area (Å²) in [6.45, 7) is 10.3. The van der Waals surface area contributed by atoms with E-state index >= 15 is 0 Å². The minimum atomic E-state index is -1.44. The van der Waals surface area contributed by atoms with E-state index in [1.807, 2.05) is 26.8 Å². The molecule has 0 radical (unpaired) electrons. The van der Waals surface area contributed by atoms with E-state index in [-0.39, 0.29) is 11.6 Å². The number of hydrogen-bond acceptors (Lipinski definition) is 5. The highest BCUT2D eigenvalue weighted by Gasteiger charge is 2.42. The normalized spacial score (nSPS) is 18.7. The Hall–Kier alpha value is -1.27. The molecule has 0 saturated heterocycles. The summed E-state index contributed by atoms with van der Waals surface area (Å²) in [7, 11) is 0. The molecule has 0 amide bonds. The number of carbonyl (C=O) groups excluding carboxylic acids is 1. The molecule has 5 nitrogen and oxygen atoms in total. The van der Waals surface area contributed by atoms with Gasteiger partial charge in [0.05, 0.1) is 12.1 Å². The summed E-state index contributed by atoms with van der Waals surface area (Å²) >= 11 is 0. The maximum absolute atomic E-state index is 11.8. The first kappa shape index (κ1) is 20.8. The Labute approximate surface area is 145 Å². The van der Waals surface area contributed by atoms with E-state index in [1.165, 1.54) is 0 Å². The molecule has 1 aromatic rings. The van der Waals surface area contributed by atoms with Crippen LogP contribution in [0.3, 0.4) is 0 Å². The van der Waals surface area contributed by atoms with E-state index in [2.05, 4.69) is 19.2 Å². The minimum Gasteiger partial charge on any atom is -0.390 e. The first-order chi connectivity index (χ1) is 11.0. The molecule has 6 N–H and O–H groups in total. The third-order valence-corrected chi connectivity index (χ3v) is 4.14. The number of carbonyl (C=O) groups is 1. The second kappa shape index (κ2) is 8.21. The Morgan fingerprint density at radius 3 is 2.17 bits per heavy atom. The lowest BCUT2D eigenvalue weighted by atomic mass is 9.79. The van der Waals surface area contributed by atoms with Gasteiger partial charge in [-0.2, -0.15) is 0 Å². The number of aliphatic hydroxyl groups is 1. The van der Waals surface area contributed by atoms with Crippen LogP contribution in [0, 0.1) is 5.92 Å². The van der Waals surface area contributed by atoms with E-state index in [0.717, 1.165) is 6.42 Å². The molecule has 0 bridgehead atoms. The summed E-state index contributed by atoms with van der Waals surface area (Å²) in [6, 6.07) is 7.80. The highest BCUT2D eigenvalue weighted by atomic mass is 16.3. The molecule has 0 heterocycles. The monoisotopic (exact) mass is 335 g/mol. The van der Waals surface area contributed by atoms with Crippen LogP contribution >= 0.6 is 0 Å². The zero-order valence-corrected chi connectivity index (χ0v) is 15.5. The van der Waals surface area contributed by atoms with Crippen molar-refractivity contribution in [3.05, 3.63) is 35.9 Å². The van der Waals surface area contributed by atoms with Gasteiger partial charge < -0.3 is 26.7 Å². The topological polar surface area (TPSA) is 101 Å². The van der Waals surface area contributed by atoms with E-state index in [1.54, 1.807) is 24.3 Å². The third kappa shape index (κ3) is 5.38. The smallest absolute Gasteiger partial charge is 0.146 e. The number of nitrogens with one attached hydrogen (secondary N) is 1. The molecule has 1 aromatic carbocycles. The zero-order valence-electron chi connectivity index (χ0n) is 15.5. The highest BCUT2D eigenvalue weighted by Crippen LogP contribution is 2.24. The van der Waals surface area contributed by atoms with Crippen molar-refractivity contribution < 1.29 is 9.90 Å². The standard InChI is InChI=1S/C19H33N3O2/c1-13(2)11-15(22-18(3,4)5)16(24)17(20)19(21,12-23)14-9-7-6-8-10-14/h6-10,12-13,15-17,22,24H,11,20-21H2,1-5H3. The molecule has 4 unspecified atom stereocenters. The lowest BCUT2D eigenvalue weighted by molar-refractivity contribution is -0.114. The molecule has 0 aliphatic heterocycles. The Morgan fingerprint density at radius 1 is 1.21 bits per heavy atom. The summed E-state index contributed by atoms with van der Waals surface area (Å²) in [5.41, 5.74) is 11.6. The highest BCUT2D eigenvalue weighted by molar-refractivity contribution is 5.69. The van der Waals surface area contributed by atoms with Crippen LogP contribution in [0.5, 0.6) is 0 Å². The SMILES string of the molecule is CC(C)CC(NC(C)(C)C)C(O)C(N)C(N)(C=O)c1ccccc1. The van der Waals surface area contributed by atoms with Crippen molar-refractivity contribution >= 4 is 6.29 Å². The van der Waals surface area contributed by atoms with Crippen LogP contribution in [0.15, 0.2) is 30.3 Å². The van der Waals surface area contributed by atoms with Crippen LogP contribution in [0.1, 0.15) is 46.6 Å². The number of rotatable bonds is 8. The molecule has 5 heteroatoms. The lowest BCUT2D eigenvalue weighted by Gasteiger charge is -2.40. The van der Waals surface area contributed by atoms with Crippen LogP contribution in [0.4, 0.5) is 0 Å². The van der Waals surface area contributed by atoms with Crippen LogP contribution in [-0.2, 0) is 10.3 Å². The Kier molecular flexibility index (Phi) is 7.10. The number of aliphatic hydroxyl groups excluding tert-OH is 1. The van der Waals surface area contributed by atoms with Gasteiger partial charge in [-0.15, -0.1) is 0 Å². The molecule has 0 aromatic heterocycles. The van der Waals surface area contributed by atoms with Gasteiger partial charge in [-0.1, -0.05) is 44.2 Å². The summed E-state index contributed by atoms with van der Waals surface area (Å²) < 4.78 is 0. The van der Waals surface area contributed by atoms with Gasteiger partial charge in [-0.05, 0) is 38.7 Å². The van der Waals surface area contributed by atoms with Crippen molar-refractivity contribution in [1.29, 1.82) is 0 Å². The van der Waals surface area contributed by atoms with Gasteiger partial charge in [0.15, 0.2) is 0 Å². The van der Waals surface area contributed by atoms with Gasteiger partial charge in [0.1, 0.15) is 11.8 Å². The first-order valence-corrected chi connectivity index (χ1v) is 8.53. The van der Waals surface area contributed by atoms with Crippen molar-refractivity contribution in [2.24, 2.45) is 17.4 Å². The van der Waals surface area contributed by atoms with E-state index in [0.29, 0.717) is 17.8 Å². The van der Waals surface area contributed by atoms with Crippen LogP contribution < -0.4 is 16.8 Å². The fraction of sp³-hybridized carbons (Fsp3) is 0.632. The molecule has 0 aliphatic carbocycles. The predicted octanol–water partition coefficient (Wildman–Crippen LogP) is 1.53. The average Bonchev–Trinajstić information content (AvgIpc) is 2.51. The number of benzene rings is 1. The predicted molar refractivity (Wildman–Crippen MR) is 98.5 cm³/mol. The van der Waals surface area contributed by atoms with Gasteiger partial charge in [0.25, 0.3) is 0 Å². The minimum absolute atomic E-state index is 0.189. The molecule has 1 rings (SSSR count). The van der Waals surface area contributed by atoms with Gasteiger partial charge in [0.2, 0.25) is 0 Å². The van der Waals surface area contributed by atoms with Crippen molar-refractivity contribution in [3.8, 4) is 0 Å². The average molecular weight is 335 g/mol. The molecule has 0 fully saturated rings. The van der Waals surface area contributed by atoms with Gasteiger partial charge in [0, 0.05) is 11.6 Å². The van der Waals surface area contributed by atoms with Crippen LogP contribution in [-0.4, -0.2) is 35.1 Å². The van der Waals surface area contributed by atoms with Crippen LogP contribution in [0.2, 0.25) is 0 Å². The Bertz CT molecular complexity index is 513. The van der Waals surface area contributed by atoms with E-state index in [4.69, 9.17) is 11.5 Å². The van der Waals surface area contributed by atoms with Crippen molar-refractivity contribution in [2.75, 3.05) is 0 Å². The first-order valence-electron chi connectivity index (χ1n) is 8.53. The third-order valence-electron chi connectivity index (χ3n) is 4.14. The van der Waals surface area contributed by atoms with Gasteiger partial charge in [-0.3, -0.25) is 0 Å². The van der Waals surface area contributed by atoms with Crippen molar-refractivity contribution in [1.82, 2.24) is 5.32 Å². The molecular weight excluding hydrogens is 302 g/mol. The Balaban J connectivity index is 3.10. The van der Waals surface area contributed by atoms with Crippen molar-refractivity contribution in [3.63, 3.8) is 0 Å². The molecular formula is C19H33N3O2. The molecule has 24 heavy (non-hydrogen) atoms. The summed E-state index contributed by atoms with van der Waals surface area (Å²) in [6.07, 6.45) is 0.414. The fourth-order valence-corrected chi connectivity index (χ4v) is 2.95. The lowest BCUT2D eigenvalue weighted by Crippen LogP contribution is -2.65. The van der Waals surface area contributed by atoms with E-state index < -0.39 is 17.7 Å². The van der Waals surface area contributed by atoms with Crippen LogP contribution in [0.25, 0.3) is 0 Å². The summed E-state index contributed by atoms with van der Waals surface area (Å²) in [5.74, 6) is 0.367. The number of hydrogen-bond donors (Lipinski definition) is 4. The maximum atomic E-state index is 11.8. The summed E-state index contributed by atoms with van der Waals surface area (Å²) in [4.78, 5) is 11.8. The summed E-state index contributed by atoms with van der Waals surface area (Å²) in [5, 5.41) is 14.3.